The highest BCUT2D eigenvalue weighted by Crippen LogP contribution is 2.68. The van der Waals surface area contributed by atoms with E-state index >= 15 is 0 Å². The van der Waals surface area contributed by atoms with Crippen molar-refractivity contribution in [3.05, 3.63) is 86.8 Å². The minimum Gasteiger partial charge on any atom is -0.508 e. The monoisotopic (exact) mass is 818 g/mol. The van der Waals surface area contributed by atoms with Crippen molar-refractivity contribution in [2.24, 2.45) is 28.6 Å². The first kappa shape index (κ1) is 42.7. The first-order chi connectivity index (χ1) is 28.2. The van der Waals surface area contributed by atoms with E-state index < -0.39 is 16.8 Å². The van der Waals surface area contributed by atoms with Crippen molar-refractivity contribution >= 4 is 34.6 Å². The molecule has 2 aromatic carbocycles. The van der Waals surface area contributed by atoms with Gasteiger partial charge in [-0.2, -0.15) is 0 Å². The van der Waals surface area contributed by atoms with Gasteiger partial charge in [-0.05, 0) is 145 Å². The molecule has 2 N–H and O–H groups in total. The van der Waals surface area contributed by atoms with E-state index in [1.807, 2.05) is 45.9 Å². The Morgan fingerprint density at radius 3 is 2.27 bits per heavy atom. The van der Waals surface area contributed by atoms with Crippen LogP contribution >= 0.6 is 0 Å². The lowest BCUT2D eigenvalue weighted by Crippen LogP contribution is -2.58. The lowest BCUT2D eigenvalue weighted by atomic mass is 9.47. The highest BCUT2D eigenvalue weighted by Gasteiger charge is 2.67. The Labute approximate surface area is 352 Å². The van der Waals surface area contributed by atoms with Gasteiger partial charge in [0.25, 0.3) is 0 Å². The van der Waals surface area contributed by atoms with Crippen molar-refractivity contribution in [3.8, 4) is 34.1 Å². The summed E-state index contributed by atoms with van der Waals surface area (Å²) in [4.78, 5) is 49.7. The molecular weight excluding hydrogens is 761 g/mol. The molecule has 2 heterocycles. The molecule has 6 atom stereocenters. The van der Waals surface area contributed by atoms with E-state index in [9.17, 15) is 29.4 Å². The van der Waals surface area contributed by atoms with Crippen LogP contribution in [0.5, 0.6) is 23.0 Å². The van der Waals surface area contributed by atoms with E-state index in [0.29, 0.717) is 65.0 Å². The zero-order chi connectivity index (χ0) is 43.7. The maximum absolute atomic E-state index is 12.9. The molecular formula is C50H58O10. The third kappa shape index (κ3) is 6.89. The molecule has 0 amide bonds. The summed E-state index contributed by atoms with van der Waals surface area (Å²) in [6.45, 7) is 17.5. The Kier molecular flexibility index (Phi) is 10.9. The van der Waals surface area contributed by atoms with Crippen LogP contribution in [0, 0.1) is 28.6 Å². The number of fused-ring (bicyclic) bond motifs is 8. The van der Waals surface area contributed by atoms with Crippen LogP contribution in [0.1, 0.15) is 112 Å². The van der Waals surface area contributed by atoms with E-state index in [-0.39, 0.29) is 51.0 Å². The fourth-order valence-electron chi connectivity index (χ4n) is 11.4. The number of allylic oxidation sites excluding steroid dienone is 6. The number of hydrogen-bond donors (Lipinski definition) is 2. The van der Waals surface area contributed by atoms with Gasteiger partial charge in [-0.3, -0.25) is 14.4 Å². The van der Waals surface area contributed by atoms with Crippen LogP contribution in [-0.4, -0.2) is 46.1 Å². The van der Waals surface area contributed by atoms with E-state index in [0.717, 1.165) is 36.8 Å². The van der Waals surface area contributed by atoms with Crippen LogP contribution in [0.4, 0.5) is 0 Å². The number of ether oxygens (including phenoxy) is 3. The van der Waals surface area contributed by atoms with Gasteiger partial charge in [0.1, 0.15) is 39.5 Å². The molecule has 60 heavy (non-hydrogen) atoms. The summed E-state index contributed by atoms with van der Waals surface area (Å²) >= 11 is 0. The van der Waals surface area contributed by atoms with Crippen molar-refractivity contribution in [3.63, 3.8) is 0 Å². The molecule has 0 radical (unpaired) electrons. The summed E-state index contributed by atoms with van der Waals surface area (Å²) < 4.78 is 23.6. The Hall–Kier alpha value is -5.38. The van der Waals surface area contributed by atoms with Gasteiger partial charge in [-0.15, -0.1) is 0 Å². The standard InChI is InChI=1S/C26H26O6.C24H32O4/c1-14(2)6-11-17-22-18(12-13-26(3,4)32-22)24-20(23(17)30-5)21(28)19(25(29)31-24)15-7-9-16(27)10-8-15;1-14-12-18-19(22(4)9-6-17(27)13-21(14)22)7-10-23(5)20(18)8-11-24(23,15(2)25)28-16(3)26/h6-10,12-13,27-28H,11H2,1-5H3;12-13,18-20H,6-11H2,1-5H3. The van der Waals surface area contributed by atoms with Crippen LogP contribution in [0.15, 0.2) is 74.5 Å². The number of methoxy groups -OCH3 is 1. The van der Waals surface area contributed by atoms with Crippen LogP contribution in [0.25, 0.3) is 28.2 Å². The van der Waals surface area contributed by atoms with Gasteiger partial charge in [-0.25, -0.2) is 4.79 Å². The predicted molar refractivity (Wildman–Crippen MR) is 231 cm³/mol. The smallest absolute Gasteiger partial charge is 0.348 e. The highest BCUT2D eigenvalue weighted by molar-refractivity contribution is 6.02. The van der Waals surface area contributed by atoms with Crippen molar-refractivity contribution in [1.29, 1.82) is 0 Å². The number of hydrogen-bond acceptors (Lipinski definition) is 10. The molecule has 2 fully saturated rings. The fourth-order valence-corrected chi connectivity index (χ4v) is 11.4. The predicted octanol–water partition coefficient (Wildman–Crippen LogP) is 10.1. The zero-order valence-electron chi connectivity index (χ0n) is 36.5. The molecule has 3 aromatic rings. The first-order valence-corrected chi connectivity index (χ1v) is 21.1. The maximum atomic E-state index is 12.9. The molecule has 318 valence electrons. The number of phenolic OH excluding ortho intramolecular Hbond substituents is 1. The number of ketones is 2. The second-order valence-electron chi connectivity index (χ2n) is 18.7. The average molecular weight is 819 g/mol. The lowest BCUT2D eigenvalue weighted by molar-refractivity contribution is -0.185. The van der Waals surface area contributed by atoms with Crippen molar-refractivity contribution in [2.45, 2.75) is 118 Å². The van der Waals surface area contributed by atoms with E-state index in [4.69, 9.17) is 18.6 Å². The Morgan fingerprint density at radius 1 is 0.950 bits per heavy atom. The van der Waals surface area contributed by atoms with Crippen LogP contribution < -0.4 is 15.1 Å². The van der Waals surface area contributed by atoms with Gasteiger partial charge >= 0.3 is 11.6 Å². The van der Waals surface area contributed by atoms with E-state index in [1.165, 1.54) is 37.3 Å². The van der Waals surface area contributed by atoms with Crippen molar-refractivity contribution in [1.82, 2.24) is 0 Å². The van der Waals surface area contributed by atoms with E-state index in [1.54, 1.807) is 19.1 Å². The topological polar surface area (TPSA) is 150 Å². The SMILES string of the molecule is CC(=O)OC1(C(C)=O)CCC2C3C=C(C)C4=CC(=O)CCC4(C)C3CCC21C.COc1c(CC=C(C)C)c2c(c3oc(=O)c(-c4ccc(O)cc4)c(O)c13)C=CC(C)(C)O2. The molecule has 1 aliphatic heterocycles. The second kappa shape index (κ2) is 15.3. The molecule has 10 heteroatoms. The quantitative estimate of drug-likeness (QED) is 0.140. The molecule has 4 aliphatic carbocycles. The van der Waals surface area contributed by atoms with Crippen LogP contribution in [0.2, 0.25) is 0 Å². The van der Waals surface area contributed by atoms with E-state index in [2.05, 4.69) is 32.9 Å². The highest BCUT2D eigenvalue weighted by atomic mass is 16.6. The summed E-state index contributed by atoms with van der Waals surface area (Å²) in [6.07, 6.45) is 15.5. The Bertz CT molecular complexity index is 2470. The normalized spacial score (nSPS) is 28.3. The number of carbonyl (C=O) groups is 3. The molecule has 2 saturated carbocycles. The lowest BCUT2D eigenvalue weighted by Gasteiger charge is -2.58. The number of Topliss-reactive ketones (excluding diaryl/α,β-unsaturated/α-hetero) is 1. The summed E-state index contributed by atoms with van der Waals surface area (Å²) in [6, 6.07) is 5.99. The third-order valence-electron chi connectivity index (χ3n) is 14.3. The summed E-state index contributed by atoms with van der Waals surface area (Å²) in [7, 11) is 1.52. The minimum absolute atomic E-state index is 0.00458. The molecule has 5 aliphatic rings. The van der Waals surface area contributed by atoms with Crippen LogP contribution in [-0.2, 0) is 25.5 Å². The summed E-state index contributed by atoms with van der Waals surface area (Å²) in [5, 5.41) is 21.2. The molecule has 8 rings (SSSR count). The molecule has 1 aromatic heterocycles. The van der Waals surface area contributed by atoms with Gasteiger partial charge < -0.3 is 28.8 Å². The summed E-state index contributed by atoms with van der Waals surface area (Å²) in [5.74, 6) is 1.81. The molecule has 6 unspecified atom stereocenters. The number of rotatable bonds is 6. The summed E-state index contributed by atoms with van der Waals surface area (Å²) in [5.41, 5.74) is 3.01. The zero-order valence-corrected chi connectivity index (χ0v) is 36.5. The maximum Gasteiger partial charge on any atom is 0.348 e. The largest absolute Gasteiger partial charge is 0.508 e. The Morgan fingerprint density at radius 2 is 1.63 bits per heavy atom. The molecule has 0 saturated heterocycles. The number of benzene rings is 2. The minimum atomic E-state index is -0.990. The van der Waals surface area contributed by atoms with Crippen LogP contribution in [0.3, 0.4) is 0 Å². The van der Waals surface area contributed by atoms with Gasteiger partial charge in [-0.1, -0.05) is 49.3 Å². The average Bonchev–Trinajstić information content (AvgIpc) is 3.47. The number of aromatic hydroxyl groups is 2. The van der Waals surface area contributed by atoms with Crippen molar-refractivity contribution < 1.29 is 43.2 Å². The van der Waals surface area contributed by atoms with Gasteiger partial charge in [0.15, 0.2) is 22.8 Å². The van der Waals surface area contributed by atoms with Gasteiger partial charge in [0.2, 0.25) is 0 Å². The molecule has 0 spiro atoms. The van der Waals surface area contributed by atoms with Crippen molar-refractivity contribution in [2.75, 3.05) is 7.11 Å². The molecule has 10 nitrogen and oxygen atoms in total. The fraction of sp³-hybridized carbons (Fsp3) is 0.480. The molecule has 0 bridgehead atoms. The number of esters is 1. The third-order valence-corrected chi connectivity index (χ3v) is 14.3. The van der Waals surface area contributed by atoms with Gasteiger partial charge in [0.05, 0.1) is 12.7 Å². The first-order valence-electron chi connectivity index (χ1n) is 21.1. The number of phenols is 1. The van der Waals surface area contributed by atoms with Gasteiger partial charge in [0, 0.05) is 24.3 Å². The second-order valence-corrected chi connectivity index (χ2v) is 18.7. The number of carbonyl (C=O) groups excluding carboxylic acids is 3. The Balaban J connectivity index is 0.000000183.